The van der Waals surface area contributed by atoms with E-state index in [0.717, 1.165) is 11.1 Å². The predicted molar refractivity (Wildman–Crippen MR) is 58.3 cm³/mol. The van der Waals surface area contributed by atoms with Crippen molar-refractivity contribution in [3.63, 3.8) is 0 Å². The second kappa shape index (κ2) is 2.87. The lowest BCUT2D eigenvalue weighted by atomic mass is 10.1. The number of rotatable bonds is 0. The molecule has 0 radical (unpaired) electrons. The van der Waals surface area contributed by atoms with Gasteiger partial charge in [0.25, 0.3) is 0 Å². The number of benzene rings is 1. The first kappa shape index (κ1) is 8.81. The second-order valence-electron chi connectivity index (χ2n) is 3.49. The van der Waals surface area contributed by atoms with E-state index in [1.54, 1.807) is 13.0 Å². The smallest absolute Gasteiger partial charge is 0.194 e. The Morgan fingerprint density at radius 2 is 2.07 bits per heavy atom. The Morgan fingerprint density at radius 1 is 1.36 bits per heavy atom. The molecule has 1 heterocycles. The standard InChI is InChI=1S/C11H12N2O/c1-7-6-13(2)9-5-3-4-8(12)10(9)11(7)14/h3-6H,12H2,1-2H3. The molecule has 2 N–H and O–H groups in total. The van der Waals surface area contributed by atoms with Gasteiger partial charge in [-0.1, -0.05) is 6.07 Å². The number of nitrogens with two attached hydrogens (primary N) is 1. The van der Waals surface area contributed by atoms with Crippen molar-refractivity contribution in [1.82, 2.24) is 4.57 Å². The molecule has 0 fully saturated rings. The van der Waals surface area contributed by atoms with E-state index in [-0.39, 0.29) is 5.43 Å². The van der Waals surface area contributed by atoms with Gasteiger partial charge in [0, 0.05) is 24.5 Å². The zero-order chi connectivity index (χ0) is 10.3. The first-order valence-corrected chi connectivity index (χ1v) is 4.45. The Labute approximate surface area is 81.8 Å². The van der Waals surface area contributed by atoms with E-state index < -0.39 is 0 Å². The fourth-order valence-electron chi connectivity index (χ4n) is 1.71. The minimum Gasteiger partial charge on any atom is -0.398 e. The Bertz CT molecular complexity index is 555. The number of anilines is 1. The Balaban J connectivity index is 3.11. The summed E-state index contributed by atoms with van der Waals surface area (Å²) in [6.07, 6.45) is 1.82. The molecule has 0 aliphatic rings. The van der Waals surface area contributed by atoms with Gasteiger partial charge in [-0.25, -0.2) is 0 Å². The number of nitrogen functional groups attached to an aromatic ring is 1. The molecule has 2 rings (SSSR count). The fraction of sp³-hybridized carbons (Fsp3) is 0.182. The van der Waals surface area contributed by atoms with Crippen molar-refractivity contribution >= 4 is 16.6 Å². The third kappa shape index (κ3) is 1.09. The lowest BCUT2D eigenvalue weighted by Crippen LogP contribution is -2.11. The lowest BCUT2D eigenvalue weighted by Gasteiger charge is -2.07. The molecule has 3 nitrogen and oxygen atoms in total. The highest BCUT2D eigenvalue weighted by Crippen LogP contribution is 2.16. The van der Waals surface area contributed by atoms with Gasteiger partial charge in [-0.3, -0.25) is 4.79 Å². The molecule has 0 bridgehead atoms. The van der Waals surface area contributed by atoms with Crippen molar-refractivity contribution in [2.75, 3.05) is 5.73 Å². The number of aromatic nitrogens is 1. The van der Waals surface area contributed by atoms with Gasteiger partial charge < -0.3 is 10.3 Å². The van der Waals surface area contributed by atoms with Crippen LogP contribution >= 0.6 is 0 Å². The van der Waals surface area contributed by atoms with Crippen molar-refractivity contribution in [2.24, 2.45) is 7.05 Å². The highest BCUT2D eigenvalue weighted by molar-refractivity contribution is 5.90. The summed E-state index contributed by atoms with van der Waals surface area (Å²) in [5, 5.41) is 0.620. The summed E-state index contributed by atoms with van der Waals surface area (Å²) in [6.45, 7) is 1.80. The summed E-state index contributed by atoms with van der Waals surface area (Å²) >= 11 is 0. The number of hydrogen-bond acceptors (Lipinski definition) is 2. The average Bonchev–Trinajstić information content (AvgIpc) is 2.14. The molecule has 2 aromatic rings. The van der Waals surface area contributed by atoms with Crippen LogP contribution in [0.2, 0.25) is 0 Å². The van der Waals surface area contributed by atoms with Crippen LogP contribution in [0.25, 0.3) is 10.9 Å². The largest absolute Gasteiger partial charge is 0.398 e. The Hall–Kier alpha value is -1.77. The first-order chi connectivity index (χ1) is 6.61. The number of pyridine rings is 1. The first-order valence-electron chi connectivity index (χ1n) is 4.45. The zero-order valence-corrected chi connectivity index (χ0v) is 8.24. The summed E-state index contributed by atoms with van der Waals surface area (Å²) in [7, 11) is 1.91. The van der Waals surface area contributed by atoms with Crippen LogP contribution in [0, 0.1) is 6.92 Å². The van der Waals surface area contributed by atoms with E-state index in [9.17, 15) is 4.79 Å². The maximum absolute atomic E-state index is 11.8. The molecule has 1 aromatic heterocycles. The van der Waals surface area contributed by atoms with Gasteiger partial charge in [-0.05, 0) is 19.1 Å². The fourth-order valence-corrected chi connectivity index (χ4v) is 1.71. The van der Waals surface area contributed by atoms with E-state index in [4.69, 9.17) is 5.73 Å². The molecule has 0 amide bonds. The molecule has 0 aliphatic carbocycles. The number of hydrogen-bond donors (Lipinski definition) is 1. The summed E-state index contributed by atoms with van der Waals surface area (Å²) < 4.78 is 1.92. The maximum Gasteiger partial charge on any atom is 0.194 e. The highest BCUT2D eigenvalue weighted by atomic mass is 16.1. The number of nitrogens with zero attached hydrogens (tertiary/aromatic N) is 1. The van der Waals surface area contributed by atoms with Gasteiger partial charge in [0.05, 0.1) is 10.9 Å². The molecule has 72 valence electrons. The predicted octanol–water partition coefficient (Wildman–Crippen LogP) is 1.43. The molecule has 0 saturated heterocycles. The van der Waals surface area contributed by atoms with Crippen LogP contribution in [0.4, 0.5) is 5.69 Å². The van der Waals surface area contributed by atoms with E-state index in [0.29, 0.717) is 11.1 Å². The van der Waals surface area contributed by atoms with E-state index in [1.807, 2.05) is 29.9 Å². The SMILES string of the molecule is Cc1cn(C)c2cccc(N)c2c1=O. The molecule has 0 unspecified atom stereocenters. The van der Waals surface area contributed by atoms with Gasteiger partial charge in [0.2, 0.25) is 0 Å². The van der Waals surface area contributed by atoms with Crippen molar-refractivity contribution < 1.29 is 0 Å². The topological polar surface area (TPSA) is 48.0 Å². The molecule has 0 spiro atoms. The van der Waals surface area contributed by atoms with Crippen molar-refractivity contribution in [3.05, 3.63) is 40.2 Å². The third-order valence-corrected chi connectivity index (χ3v) is 2.43. The molecular formula is C11H12N2O. The van der Waals surface area contributed by atoms with E-state index in [2.05, 4.69) is 0 Å². The lowest BCUT2D eigenvalue weighted by molar-refractivity contribution is 0.939. The van der Waals surface area contributed by atoms with Crippen LogP contribution in [-0.4, -0.2) is 4.57 Å². The van der Waals surface area contributed by atoms with Crippen molar-refractivity contribution in [3.8, 4) is 0 Å². The van der Waals surface area contributed by atoms with Crippen LogP contribution in [0.5, 0.6) is 0 Å². The molecule has 1 aromatic carbocycles. The van der Waals surface area contributed by atoms with E-state index in [1.165, 1.54) is 0 Å². The highest BCUT2D eigenvalue weighted by Gasteiger charge is 2.06. The van der Waals surface area contributed by atoms with Gasteiger partial charge in [0.15, 0.2) is 5.43 Å². The number of aryl methyl sites for hydroxylation is 2. The van der Waals surface area contributed by atoms with Crippen LogP contribution in [0.3, 0.4) is 0 Å². The average molecular weight is 188 g/mol. The molecular weight excluding hydrogens is 176 g/mol. The van der Waals surface area contributed by atoms with Crippen LogP contribution < -0.4 is 11.2 Å². The van der Waals surface area contributed by atoms with Crippen LogP contribution in [0.15, 0.2) is 29.2 Å². The van der Waals surface area contributed by atoms with Gasteiger partial charge >= 0.3 is 0 Å². The van der Waals surface area contributed by atoms with E-state index >= 15 is 0 Å². The second-order valence-corrected chi connectivity index (χ2v) is 3.49. The number of fused-ring (bicyclic) bond motifs is 1. The van der Waals surface area contributed by atoms with Crippen molar-refractivity contribution in [2.45, 2.75) is 6.92 Å². The molecule has 3 heteroatoms. The minimum atomic E-state index is 0.0243. The van der Waals surface area contributed by atoms with Crippen LogP contribution in [-0.2, 0) is 7.05 Å². The molecule has 14 heavy (non-hydrogen) atoms. The molecule has 0 saturated carbocycles. The zero-order valence-electron chi connectivity index (χ0n) is 8.24. The summed E-state index contributed by atoms with van der Waals surface area (Å²) in [5.41, 5.74) is 7.95. The van der Waals surface area contributed by atoms with Gasteiger partial charge in [-0.2, -0.15) is 0 Å². The van der Waals surface area contributed by atoms with Gasteiger partial charge in [-0.15, -0.1) is 0 Å². The van der Waals surface area contributed by atoms with Gasteiger partial charge in [0.1, 0.15) is 0 Å². The Morgan fingerprint density at radius 3 is 2.79 bits per heavy atom. The molecule has 0 aliphatic heterocycles. The maximum atomic E-state index is 11.8. The third-order valence-electron chi connectivity index (χ3n) is 2.43. The van der Waals surface area contributed by atoms with Crippen molar-refractivity contribution in [1.29, 1.82) is 0 Å². The summed E-state index contributed by atoms with van der Waals surface area (Å²) in [4.78, 5) is 11.8. The molecule has 0 atom stereocenters. The normalized spacial score (nSPS) is 10.7. The minimum absolute atomic E-state index is 0.0243. The quantitative estimate of drug-likeness (QED) is 0.636. The Kier molecular flexibility index (Phi) is 1.81. The monoisotopic (exact) mass is 188 g/mol. The van der Waals surface area contributed by atoms with Crippen LogP contribution in [0.1, 0.15) is 5.56 Å². The summed E-state index contributed by atoms with van der Waals surface area (Å²) in [6, 6.07) is 5.50. The summed E-state index contributed by atoms with van der Waals surface area (Å²) in [5.74, 6) is 0.